The number of likely N-dealkylation sites (N-methyl/N-ethyl adjacent to an activating group) is 1. The Balaban J connectivity index is 1.26. The first kappa shape index (κ1) is 24.5. The highest BCUT2D eigenvalue weighted by Crippen LogP contribution is 2.40. The van der Waals surface area contributed by atoms with Crippen LogP contribution in [0.4, 0.5) is 5.82 Å². The van der Waals surface area contributed by atoms with Gasteiger partial charge in [0.15, 0.2) is 5.65 Å². The number of hydrogen-bond donors (Lipinski definition) is 0. The van der Waals surface area contributed by atoms with E-state index in [1.54, 1.807) is 0 Å². The lowest BCUT2D eigenvalue weighted by molar-refractivity contribution is -0.127. The fraction of sp³-hybridized carbons (Fsp3) is 0.484. The summed E-state index contributed by atoms with van der Waals surface area (Å²) in [5, 5.41) is 0.931. The van der Waals surface area contributed by atoms with Gasteiger partial charge in [0.2, 0.25) is 5.91 Å². The topological polar surface area (TPSA) is 74.7 Å². The zero-order chi connectivity index (χ0) is 26.5. The zero-order valence-corrected chi connectivity index (χ0v) is 22.7. The summed E-state index contributed by atoms with van der Waals surface area (Å²) in [6.45, 7) is 6.85. The van der Waals surface area contributed by atoms with Gasteiger partial charge < -0.3 is 19.4 Å². The van der Waals surface area contributed by atoms with Crippen molar-refractivity contribution in [3.8, 4) is 17.3 Å². The number of pyridine rings is 1. The maximum absolute atomic E-state index is 12.4. The van der Waals surface area contributed by atoms with Crippen LogP contribution in [0.1, 0.15) is 43.2 Å². The third-order valence-electron chi connectivity index (χ3n) is 9.29. The number of fused-ring (bicyclic) bond motifs is 3. The number of aryl methyl sites for hydroxylation is 1. The lowest BCUT2D eigenvalue weighted by Crippen LogP contribution is -2.63. The molecule has 1 aromatic carbocycles. The summed E-state index contributed by atoms with van der Waals surface area (Å²) in [6.07, 6.45) is 9.37. The number of aromatic nitrogens is 3. The molecule has 0 unspecified atom stereocenters. The summed E-state index contributed by atoms with van der Waals surface area (Å²) in [6, 6.07) is 12.0. The highest BCUT2D eigenvalue weighted by atomic mass is 16.5. The zero-order valence-electron chi connectivity index (χ0n) is 22.7. The van der Waals surface area contributed by atoms with Gasteiger partial charge in [0.25, 0.3) is 0 Å². The number of likely N-dealkylation sites (tertiary alicyclic amines) is 2. The molecule has 39 heavy (non-hydrogen) atoms. The molecule has 0 radical (unpaired) electrons. The van der Waals surface area contributed by atoms with E-state index in [-0.39, 0.29) is 18.0 Å². The Morgan fingerprint density at radius 3 is 2.79 bits per heavy atom. The Hall–Kier alpha value is -3.52. The molecule has 3 atom stereocenters. The molecular formula is C31H36N6O2. The van der Waals surface area contributed by atoms with E-state index in [1.807, 2.05) is 4.90 Å². The number of nitrogens with zero attached hydrogens (tertiary/aromatic N) is 6. The maximum atomic E-state index is 12.4. The van der Waals surface area contributed by atoms with Gasteiger partial charge in [-0.15, -0.1) is 0 Å². The molecule has 0 spiro atoms. The molecule has 3 aliphatic heterocycles. The van der Waals surface area contributed by atoms with Crippen LogP contribution in [0.25, 0.3) is 22.3 Å². The minimum atomic E-state index is 0.0110. The number of ether oxygens (including phenoxy) is 1. The Morgan fingerprint density at radius 2 is 1.95 bits per heavy atom. The third-order valence-corrected chi connectivity index (χ3v) is 9.29. The highest BCUT2D eigenvalue weighted by Gasteiger charge is 2.49. The van der Waals surface area contributed by atoms with E-state index in [2.05, 4.69) is 53.8 Å². The van der Waals surface area contributed by atoms with Crippen molar-refractivity contribution in [1.29, 1.82) is 0 Å². The first-order chi connectivity index (χ1) is 19.1. The third kappa shape index (κ3) is 4.25. The Morgan fingerprint density at radius 1 is 1.05 bits per heavy atom. The van der Waals surface area contributed by atoms with E-state index in [1.165, 1.54) is 42.0 Å². The lowest BCUT2D eigenvalue weighted by atomic mass is 9.87. The molecule has 5 heterocycles. The molecule has 7 rings (SSSR count). The number of benzene rings is 1. The first-order valence-corrected chi connectivity index (χ1v) is 14.4. The largest absolute Gasteiger partial charge is 0.462 e. The Labute approximate surface area is 229 Å². The van der Waals surface area contributed by atoms with Gasteiger partial charge >= 0.3 is 6.01 Å². The van der Waals surface area contributed by atoms with E-state index >= 15 is 0 Å². The number of carbonyl (C=O) groups excluding carboxylic acids is 1. The summed E-state index contributed by atoms with van der Waals surface area (Å²) >= 11 is 0. The van der Waals surface area contributed by atoms with Crippen molar-refractivity contribution in [1.82, 2.24) is 24.8 Å². The molecule has 202 valence electrons. The fourth-order valence-electron chi connectivity index (χ4n) is 7.04. The van der Waals surface area contributed by atoms with Crippen LogP contribution < -0.4 is 9.64 Å². The van der Waals surface area contributed by atoms with E-state index < -0.39 is 0 Å². The molecule has 0 saturated carbocycles. The summed E-state index contributed by atoms with van der Waals surface area (Å²) in [7, 11) is 2.15. The number of anilines is 1. The van der Waals surface area contributed by atoms with Crippen LogP contribution in [0.3, 0.4) is 0 Å². The molecule has 4 aliphatic rings. The van der Waals surface area contributed by atoms with Crippen LogP contribution in [0.15, 0.2) is 43.0 Å². The normalized spacial score (nSPS) is 24.4. The number of hydrogen-bond acceptors (Lipinski definition) is 7. The van der Waals surface area contributed by atoms with Crippen molar-refractivity contribution < 1.29 is 9.53 Å². The van der Waals surface area contributed by atoms with E-state index in [0.717, 1.165) is 62.2 Å². The van der Waals surface area contributed by atoms with Gasteiger partial charge in [-0.05, 0) is 87.9 Å². The monoisotopic (exact) mass is 524 g/mol. The SMILES string of the molecule is C=CC(=O)N1CC[C@@H]2[C@H]1CN2c1nc(OC[C@@H]2CCCN2C)nc2nc(-c3cccc4c3CCCC4)ccc12. The van der Waals surface area contributed by atoms with Crippen molar-refractivity contribution in [2.75, 3.05) is 38.2 Å². The highest BCUT2D eigenvalue weighted by molar-refractivity contribution is 5.91. The fourth-order valence-corrected chi connectivity index (χ4v) is 7.04. The predicted octanol–water partition coefficient (Wildman–Crippen LogP) is 4.02. The van der Waals surface area contributed by atoms with Crippen molar-refractivity contribution in [3.05, 3.63) is 54.1 Å². The van der Waals surface area contributed by atoms with Crippen LogP contribution in [-0.2, 0) is 17.6 Å². The van der Waals surface area contributed by atoms with Gasteiger partial charge in [0.1, 0.15) is 12.4 Å². The first-order valence-electron chi connectivity index (χ1n) is 14.4. The molecule has 3 fully saturated rings. The average Bonchev–Trinajstić information content (AvgIpc) is 3.52. The van der Waals surface area contributed by atoms with Gasteiger partial charge in [0, 0.05) is 24.7 Å². The van der Waals surface area contributed by atoms with Gasteiger partial charge in [-0.2, -0.15) is 9.97 Å². The lowest BCUT2D eigenvalue weighted by Gasteiger charge is -2.47. The van der Waals surface area contributed by atoms with Crippen LogP contribution in [-0.4, -0.2) is 82.1 Å². The molecule has 2 aromatic heterocycles. The standard InChI is InChI=1S/C31H36N6O2/c1-3-28(38)36-17-15-26-27(36)18-37(26)30-24-13-14-25(23-12-6-9-20-8-4-5-11-22(20)23)32-29(24)33-31(34-30)39-19-21-10-7-16-35(21)2/h3,6,9,12-14,21,26-27H,1,4-5,7-8,10-11,15-19H2,2H3/t21-,26+,27+/m0/s1. The molecule has 8 nitrogen and oxygen atoms in total. The van der Waals surface area contributed by atoms with E-state index in [4.69, 9.17) is 19.7 Å². The number of amides is 1. The second kappa shape index (κ2) is 9.90. The van der Waals surface area contributed by atoms with Gasteiger partial charge in [-0.1, -0.05) is 24.8 Å². The summed E-state index contributed by atoms with van der Waals surface area (Å²) < 4.78 is 6.24. The van der Waals surface area contributed by atoms with Crippen molar-refractivity contribution in [3.63, 3.8) is 0 Å². The predicted molar refractivity (Wildman–Crippen MR) is 152 cm³/mol. The van der Waals surface area contributed by atoms with Crippen LogP contribution in [0, 0.1) is 0 Å². The summed E-state index contributed by atoms with van der Waals surface area (Å²) in [4.78, 5) is 33.8. The number of carbonyl (C=O) groups is 1. The van der Waals surface area contributed by atoms with Crippen molar-refractivity contribution in [2.24, 2.45) is 0 Å². The van der Waals surface area contributed by atoms with Gasteiger partial charge in [-0.3, -0.25) is 4.79 Å². The quantitative estimate of drug-likeness (QED) is 0.451. The molecule has 8 heteroatoms. The maximum Gasteiger partial charge on any atom is 0.320 e. The smallest absolute Gasteiger partial charge is 0.320 e. The van der Waals surface area contributed by atoms with Gasteiger partial charge in [-0.25, -0.2) is 4.98 Å². The molecule has 1 aliphatic carbocycles. The minimum absolute atomic E-state index is 0.0110. The minimum Gasteiger partial charge on any atom is -0.462 e. The molecule has 0 bridgehead atoms. The Bertz CT molecular complexity index is 1440. The van der Waals surface area contributed by atoms with Gasteiger partial charge in [0.05, 0.1) is 23.2 Å². The summed E-state index contributed by atoms with van der Waals surface area (Å²) in [5.41, 5.74) is 5.70. The summed E-state index contributed by atoms with van der Waals surface area (Å²) in [5.74, 6) is 0.870. The second-order valence-corrected chi connectivity index (χ2v) is 11.4. The average molecular weight is 525 g/mol. The number of rotatable bonds is 6. The second-order valence-electron chi connectivity index (χ2n) is 11.4. The van der Waals surface area contributed by atoms with Crippen LogP contribution in [0.5, 0.6) is 6.01 Å². The van der Waals surface area contributed by atoms with Crippen LogP contribution in [0.2, 0.25) is 0 Å². The molecule has 3 saturated heterocycles. The molecular weight excluding hydrogens is 488 g/mol. The van der Waals surface area contributed by atoms with E-state index in [9.17, 15) is 4.79 Å². The Kier molecular flexibility index (Phi) is 6.22. The van der Waals surface area contributed by atoms with Crippen molar-refractivity contribution >= 4 is 22.8 Å². The van der Waals surface area contributed by atoms with Crippen LogP contribution >= 0.6 is 0 Å². The van der Waals surface area contributed by atoms with E-state index in [0.29, 0.717) is 24.3 Å². The molecule has 0 N–H and O–H groups in total. The molecule has 3 aromatic rings. The van der Waals surface area contributed by atoms with Crippen molar-refractivity contribution in [2.45, 2.75) is 63.1 Å². The molecule has 1 amide bonds.